The summed E-state index contributed by atoms with van der Waals surface area (Å²) >= 11 is 5.24. The first-order valence-corrected chi connectivity index (χ1v) is 8.78. The van der Waals surface area contributed by atoms with Gasteiger partial charge in [0.2, 0.25) is 5.27 Å². The third kappa shape index (κ3) is 4.98. The van der Waals surface area contributed by atoms with E-state index in [4.69, 9.17) is 16.7 Å². The molecule has 0 unspecified atom stereocenters. The highest BCUT2D eigenvalue weighted by molar-refractivity contribution is 7.80. The SMILES string of the molecule is CC(C)N1CCN([n+]2cc(NC(=S)CC(=O)C(C)(C)C)on2)CC1. The van der Waals surface area contributed by atoms with Crippen LogP contribution < -0.4 is 15.1 Å². The van der Waals surface area contributed by atoms with Gasteiger partial charge in [-0.25, -0.2) is 0 Å². The number of hydrogen-bond acceptors (Lipinski definition) is 6. The van der Waals surface area contributed by atoms with E-state index in [2.05, 4.69) is 34.3 Å². The summed E-state index contributed by atoms with van der Waals surface area (Å²) in [5.74, 6) is 0.546. The van der Waals surface area contributed by atoms with Crippen molar-refractivity contribution < 1.29 is 14.1 Å². The molecule has 2 heterocycles. The third-order valence-electron chi connectivity index (χ3n) is 4.19. The molecule has 0 bridgehead atoms. The lowest BCUT2D eigenvalue weighted by molar-refractivity contribution is -0.759. The van der Waals surface area contributed by atoms with Crippen LogP contribution >= 0.6 is 12.2 Å². The number of Topliss-reactive ketones (excluding diaryl/α,β-unsaturated/α-hetero) is 1. The Labute approximate surface area is 148 Å². The van der Waals surface area contributed by atoms with E-state index in [1.165, 1.54) is 0 Å². The lowest BCUT2D eigenvalue weighted by Crippen LogP contribution is -2.65. The van der Waals surface area contributed by atoms with Crippen LogP contribution in [0.3, 0.4) is 0 Å². The molecule has 7 nitrogen and oxygen atoms in total. The molecule has 1 aliphatic heterocycles. The van der Waals surface area contributed by atoms with E-state index in [1.807, 2.05) is 20.8 Å². The summed E-state index contributed by atoms with van der Waals surface area (Å²) in [7, 11) is 0. The molecule has 8 heteroatoms. The Balaban J connectivity index is 1.87. The predicted molar refractivity (Wildman–Crippen MR) is 96.7 cm³/mol. The number of thiocarbonyl (C=S) groups is 1. The van der Waals surface area contributed by atoms with Gasteiger partial charge in [0.1, 0.15) is 5.78 Å². The standard InChI is InChI=1S/C16H27N5O2S/c1-12(2)19-6-8-20(9-7-19)21-11-14(23-18-21)17-15(24)10-13(22)16(3,4)5/h11-12H,6-10H2,1-5H3/p+1. The Morgan fingerprint density at radius 1 is 1.38 bits per heavy atom. The summed E-state index contributed by atoms with van der Waals surface area (Å²) < 4.78 is 5.28. The van der Waals surface area contributed by atoms with E-state index >= 15 is 0 Å². The van der Waals surface area contributed by atoms with E-state index in [-0.39, 0.29) is 12.2 Å². The summed E-state index contributed by atoms with van der Waals surface area (Å²) in [5.41, 5.74) is -0.400. The third-order valence-corrected chi connectivity index (χ3v) is 4.43. The average Bonchev–Trinajstić information content (AvgIpc) is 2.94. The Bertz CT molecular complexity index is 586. The molecule has 1 aromatic rings. The maximum atomic E-state index is 12.0. The highest BCUT2D eigenvalue weighted by Gasteiger charge is 2.27. The van der Waals surface area contributed by atoms with Crippen LogP contribution in [0, 0.1) is 5.41 Å². The van der Waals surface area contributed by atoms with Crippen molar-refractivity contribution in [3.8, 4) is 0 Å². The number of aromatic nitrogens is 2. The lowest BCUT2D eigenvalue weighted by atomic mass is 9.89. The zero-order chi connectivity index (χ0) is 17.9. The van der Waals surface area contributed by atoms with E-state index in [1.54, 1.807) is 11.0 Å². The summed E-state index contributed by atoms with van der Waals surface area (Å²) in [6, 6.07) is 0.560. The van der Waals surface area contributed by atoms with Crippen molar-refractivity contribution in [2.75, 3.05) is 36.5 Å². The molecule has 24 heavy (non-hydrogen) atoms. The molecular formula is C16H28N5O2S+. The summed E-state index contributed by atoms with van der Waals surface area (Å²) in [6.45, 7) is 13.9. The quantitative estimate of drug-likeness (QED) is 0.633. The molecule has 1 N–H and O–H groups in total. The van der Waals surface area contributed by atoms with Crippen LogP contribution in [0.1, 0.15) is 41.0 Å². The van der Waals surface area contributed by atoms with Crippen LogP contribution in [0.5, 0.6) is 0 Å². The summed E-state index contributed by atoms with van der Waals surface area (Å²) in [5, 5.41) is 9.11. The van der Waals surface area contributed by atoms with Crippen LogP contribution in [0.2, 0.25) is 0 Å². The van der Waals surface area contributed by atoms with Gasteiger partial charge in [-0.3, -0.25) is 14.2 Å². The second-order valence-electron chi connectivity index (χ2n) is 7.47. The number of nitrogens with zero attached hydrogens (tertiary/aromatic N) is 4. The number of hydrogen-bond donors (Lipinski definition) is 1. The molecule has 1 fully saturated rings. The number of carbonyl (C=O) groups is 1. The van der Waals surface area contributed by atoms with Crippen molar-refractivity contribution in [1.29, 1.82) is 0 Å². The van der Waals surface area contributed by atoms with Crippen molar-refractivity contribution in [2.24, 2.45) is 5.41 Å². The maximum absolute atomic E-state index is 12.0. The van der Waals surface area contributed by atoms with Crippen molar-refractivity contribution in [3.05, 3.63) is 6.20 Å². The monoisotopic (exact) mass is 354 g/mol. The minimum atomic E-state index is -0.400. The predicted octanol–water partition coefficient (Wildman–Crippen LogP) is 1.37. The largest absolute Gasteiger partial charge is 0.313 e. The van der Waals surface area contributed by atoms with Crippen molar-refractivity contribution in [3.63, 3.8) is 0 Å². The van der Waals surface area contributed by atoms with Gasteiger partial charge in [0, 0.05) is 24.5 Å². The van der Waals surface area contributed by atoms with Crippen LogP contribution in [0.15, 0.2) is 10.7 Å². The van der Waals surface area contributed by atoms with Gasteiger partial charge in [-0.1, -0.05) is 33.0 Å². The first-order chi connectivity index (χ1) is 11.2. The van der Waals surface area contributed by atoms with E-state index in [0.29, 0.717) is 16.9 Å². The van der Waals surface area contributed by atoms with Crippen LogP contribution in [-0.2, 0) is 4.79 Å². The van der Waals surface area contributed by atoms with Gasteiger partial charge in [0.25, 0.3) is 6.20 Å². The maximum Gasteiger partial charge on any atom is 0.304 e. The number of nitrogens with one attached hydrogen (secondary N) is 1. The number of ketones is 1. The van der Waals surface area contributed by atoms with E-state index < -0.39 is 5.41 Å². The van der Waals surface area contributed by atoms with Crippen molar-refractivity contribution >= 4 is 28.9 Å². The van der Waals surface area contributed by atoms with E-state index in [9.17, 15) is 4.79 Å². The minimum absolute atomic E-state index is 0.0946. The van der Waals surface area contributed by atoms with Crippen molar-refractivity contribution in [2.45, 2.75) is 47.1 Å². The molecule has 0 aromatic carbocycles. The molecule has 0 radical (unpaired) electrons. The van der Waals surface area contributed by atoms with E-state index in [0.717, 1.165) is 26.2 Å². The van der Waals surface area contributed by atoms with Crippen LogP contribution in [0.4, 0.5) is 5.88 Å². The fourth-order valence-corrected chi connectivity index (χ4v) is 2.68. The Morgan fingerprint density at radius 3 is 2.54 bits per heavy atom. The van der Waals surface area contributed by atoms with Gasteiger partial charge in [-0.2, -0.15) is 5.01 Å². The minimum Gasteiger partial charge on any atom is -0.313 e. The Kier molecular flexibility index (Phi) is 5.92. The van der Waals surface area contributed by atoms with Gasteiger partial charge >= 0.3 is 5.88 Å². The van der Waals surface area contributed by atoms with Gasteiger partial charge in [-0.15, -0.1) is 0 Å². The number of rotatable bonds is 5. The molecule has 0 spiro atoms. The molecule has 0 saturated carbocycles. The number of carbonyl (C=O) groups excluding carboxylic acids is 1. The zero-order valence-electron chi connectivity index (χ0n) is 15.2. The molecule has 1 aliphatic rings. The molecular weight excluding hydrogens is 326 g/mol. The van der Waals surface area contributed by atoms with Gasteiger partial charge in [-0.05, 0) is 13.8 Å². The summed E-state index contributed by atoms with van der Waals surface area (Å²) in [4.78, 5) is 16.6. The van der Waals surface area contributed by atoms with Gasteiger partial charge < -0.3 is 5.32 Å². The van der Waals surface area contributed by atoms with Gasteiger partial charge in [0.05, 0.1) is 29.3 Å². The molecule has 134 valence electrons. The zero-order valence-corrected chi connectivity index (χ0v) is 16.0. The molecule has 0 amide bonds. The number of anilines is 1. The normalized spacial score (nSPS) is 16.5. The lowest BCUT2D eigenvalue weighted by Gasteiger charge is -2.32. The first kappa shape index (κ1) is 18.8. The van der Waals surface area contributed by atoms with Gasteiger partial charge in [0.15, 0.2) is 0 Å². The van der Waals surface area contributed by atoms with Crippen LogP contribution in [-0.4, -0.2) is 53.2 Å². The van der Waals surface area contributed by atoms with Crippen molar-refractivity contribution in [1.82, 2.24) is 10.2 Å². The molecule has 1 saturated heterocycles. The highest BCUT2D eigenvalue weighted by Crippen LogP contribution is 2.17. The average molecular weight is 355 g/mol. The second kappa shape index (κ2) is 7.57. The molecule has 0 atom stereocenters. The Hall–Kier alpha value is -1.54. The Morgan fingerprint density at radius 2 is 2.00 bits per heavy atom. The second-order valence-corrected chi connectivity index (χ2v) is 7.96. The molecule has 1 aromatic heterocycles. The topological polar surface area (TPSA) is 65.5 Å². The fraction of sp³-hybridized carbons (Fsp3) is 0.750. The summed E-state index contributed by atoms with van der Waals surface area (Å²) in [6.07, 6.45) is 1.96. The first-order valence-electron chi connectivity index (χ1n) is 8.38. The van der Waals surface area contributed by atoms with Crippen LogP contribution in [0.25, 0.3) is 0 Å². The fourth-order valence-electron chi connectivity index (χ4n) is 2.45. The highest BCUT2D eigenvalue weighted by atomic mass is 32.1. The smallest absolute Gasteiger partial charge is 0.304 e. The molecule has 0 aliphatic carbocycles. The number of piperazine rings is 1. The molecule has 2 rings (SSSR count).